The van der Waals surface area contributed by atoms with E-state index >= 15 is 0 Å². The second-order valence-corrected chi connectivity index (χ2v) is 3.00. The first-order valence-electron chi connectivity index (χ1n) is 4.23. The predicted molar refractivity (Wildman–Crippen MR) is 56.1 cm³/mol. The molecule has 2 rings (SSSR count). The Labute approximate surface area is 84.5 Å². The lowest BCUT2D eigenvalue weighted by molar-refractivity contribution is -0.383. The van der Waals surface area contributed by atoms with Gasteiger partial charge in [0.1, 0.15) is 5.69 Å². The standard InChI is InChI=1S/C10H6N2O3/c13-11-8-5-1-3-7-4-2-6-9(10(7)8)12(14)15/h1-6H. The maximum absolute atomic E-state index is 10.7. The fourth-order valence-electron chi connectivity index (χ4n) is 1.53. The van der Waals surface area contributed by atoms with E-state index in [2.05, 4.69) is 5.18 Å². The van der Waals surface area contributed by atoms with Gasteiger partial charge in [0.15, 0.2) is 0 Å². The molecule has 0 aliphatic heterocycles. The number of nitro groups is 1. The molecule has 0 N–H and O–H groups in total. The lowest BCUT2D eigenvalue weighted by Gasteiger charge is -2.00. The van der Waals surface area contributed by atoms with Crippen LogP contribution in [0.2, 0.25) is 0 Å². The SMILES string of the molecule is O=Nc1cccc2cccc([N+](=O)[O-])c12. The van der Waals surface area contributed by atoms with Crippen molar-refractivity contribution >= 4 is 22.1 Å². The average Bonchev–Trinajstić information content (AvgIpc) is 2.27. The summed E-state index contributed by atoms with van der Waals surface area (Å²) in [4.78, 5) is 20.8. The molecule has 0 aliphatic carbocycles. The molecule has 15 heavy (non-hydrogen) atoms. The van der Waals surface area contributed by atoms with Gasteiger partial charge in [0.25, 0.3) is 5.69 Å². The van der Waals surface area contributed by atoms with Crippen LogP contribution in [-0.2, 0) is 0 Å². The third kappa shape index (κ3) is 1.43. The number of benzene rings is 2. The first-order valence-corrected chi connectivity index (χ1v) is 4.23. The van der Waals surface area contributed by atoms with Gasteiger partial charge in [-0.05, 0) is 16.6 Å². The second kappa shape index (κ2) is 3.45. The second-order valence-electron chi connectivity index (χ2n) is 3.00. The summed E-state index contributed by atoms with van der Waals surface area (Å²) in [6, 6.07) is 9.45. The molecule has 74 valence electrons. The summed E-state index contributed by atoms with van der Waals surface area (Å²) in [5, 5.41) is 14.5. The summed E-state index contributed by atoms with van der Waals surface area (Å²) in [5.41, 5.74) is 0.00231. The minimum atomic E-state index is -0.517. The quantitative estimate of drug-likeness (QED) is 0.426. The van der Waals surface area contributed by atoms with Crippen LogP contribution in [0.15, 0.2) is 41.6 Å². The maximum Gasteiger partial charge on any atom is 0.279 e. The Morgan fingerprint density at radius 2 is 1.80 bits per heavy atom. The molecule has 5 heteroatoms. The van der Waals surface area contributed by atoms with Crippen LogP contribution in [0.25, 0.3) is 10.8 Å². The van der Waals surface area contributed by atoms with Crippen LogP contribution in [0.3, 0.4) is 0 Å². The fourth-order valence-corrected chi connectivity index (χ4v) is 1.53. The minimum Gasteiger partial charge on any atom is -0.258 e. The summed E-state index contributed by atoms with van der Waals surface area (Å²) in [5.74, 6) is 0. The number of non-ortho nitro benzene ring substituents is 1. The summed E-state index contributed by atoms with van der Waals surface area (Å²) >= 11 is 0. The number of nitroso groups, excluding NO2 is 1. The van der Waals surface area contributed by atoms with Gasteiger partial charge >= 0.3 is 0 Å². The molecule has 2 aromatic rings. The topological polar surface area (TPSA) is 72.6 Å². The van der Waals surface area contributed by atoms with Gasteiger partial charge in [0.2, 0.25) is 0 Å². The molecule has 2 aromatic carbocycles. The molecule has 0 heterocycles. The van der Waals surface area contributed by atoms with Gasteiger partial charge in [-0.15, -0.1) is 4.91 Å². The van der Waals surface area contributed by atoms with Gasteiger partial charge in [0, 0.05) is 6.07 Å². The first-order chi connectivity index (χ1) is 7.24. The van der Waals surface area contributed by atoms with E-state index in [1.807, 2.05) is 0 Å². The van der Waals surface area contributed by atoms with Gasteiger partial charge < -0.3 is 0 Å². The molecule has 0 atom stereocenters. The lowest BCUT2D eigenvalue weighted by Crippen LogP contribution is -1.89. The molecular formula is C10H6N2O3. The van der Waals surface area contributed by atoms with Crippen LogP contribution < -0.4 is 0 Å². The van der Waals surface area contributed by atoms with Gasteiger partial charge in [-0.2, -0.15) is 0 Å². The molecule has 0 saturated heterocycles. The third-order valence-electron chi connectivity index (χ3n) is 2.16. The summed E-state index contributed by atoms with van der Waals surface area (Å²) < 4.78 is 0. The van der Waals surface area contributed by atoms with Gasteiger partial charge in [0.05, 0.1) is 10.3 Å². The Kier molecular flexibility index (Phi) is 2.13. The van der Waals surface area contributed by atoms with E-state index in [9.17, 15) is 15.0 Å². The van der Waals surface area contributed by atoms with Crippen LogP contribution in [0.1, 0.15) is 0 Å². The summed E-state index contributed by atoms with van der Waals surface area (Å²) in [7, 11) is 0. The third-order valence-corrected chi connectivity index (χ3v) is 2.16. The van der Waals surface area contributed by atoms with E-state index in [4.69, 9.17) is 0 Å². The Hall–Kier alpha value is -2.30. The molecule has 0 aromatic heterocycles. The van der Waals surface area contributed by atoms with Crippen molar-refractivity contribution in [1.82, 2.24) is 0 Å². The number of hydrogen-bond donors (Lipinski definition) is 0. The van der Waals surface area contributed by atoms with E-state index in [1.165, 1.54) is 12.1 Å². The summed E-state index contributed by atoms with van der Waals surface area (Å²) in [6.45, 7) is 0. The molecule has 0 radical (unpaired) electrons. The molecule has 0 saturated carbocycles. The fraction of sp³-hybridized carbons (Fsp3) is 0. The van der Waals surface area contributed by atoms with Crippen molar-refractivity contribution in [3.8, 4) is 0 Å². The van der Waals surface area contributed by atoms with E-state index < -0.39 is 4.92 Å². The van der Waals surface area contributed by atoms with Crippen molar-refractivity contribution in [2.45, 2.75) is 0 Å². The van der Waals surface area contributed by atoms with Crippen molar-refractivity contribution < 1.29 is 4.92 Å². The highest BCUT2D eigenvalue weighted by Gasteiger charge is 2.14. The number of nitro benzene ring substituents is 1. The van der Waals surface area contributed by atoms with Gasteiger partial charge in [-0.1, -0.05) is 24.3 Å². The minimum absolute atomic E-state index is 0.0947. The zero-order valence-corrected chi connectivity index (χ0v) is 7.58. The molecule has 0 aliphatic rings. The lowest BCUT2D eigenvalue weighted by atomic mass is 10.1. The van der Waals surface area contributed by atoms with Crippen LogP contribution in [0.5, 0.6) is 0 Å². The van der Waals surface area contributed by atoms with E-state index in [1.54, 1.807) is 24.3 Å². The highest BCUT2D eigenvalue weighted by Crippen LogP contribution is 2.33. The maximum atomic E-state index is 10.7. The normalized spacial score (nSPS) is 10.1. The zero-order valence-electron chi connectivity index (χ0n) is 7.58. The molecule has 0 fully saturated rings. The average molecular weight is 202 g/mol. The van der Waals surface area contributed by atoms with Crippen molar-refractivity contribution in [2.75, 3.05) is 0 Å². The van der Waals surface area contributed by atoms with Crippen molar-refractivity contribution in [2.24, 2.45) is 5.18 Å². The highest BCUT2D eigenvalue weighted by atomic mass is 16.6. The molecular weight excluding hydrogens is 196 g/mol. The van der Waals surface area contributed by atoms with Crippen molar-refractivity contribution in [3.05, 3.63) is 51.4 Å². The van der Waals surface area contributed by atoms with Crippen LogP contribution >= 0.6 is 0 Å². The Morgan fingerprint density at radius 1 is 1.13 bits per heavy atom. The van der Waals surface area contributed by atoms with Crippen molar-refractivity contribution in [1.29, 1.82) is 0 Å². The van der Waals surface area contributed by atoms with Crippen LogP contribution in [0, 0.1) is 15.0 Å². The predicted octanol–water partition coefficient (Wildman–Crippen LogP) is 3.15. The highest BCUT2D eigenvalue weighted by molar-refractivity contribution is 5.99. The van der Waals surface area contributed by atoms with E-state index in [0.717, 1.165) is 0 Å². The smallest absolute Gasteiger partial charge is 0.258 e. The largest absolute Gasteiger partial charge is 0.279 e. The van der Waals surface area contributed by atoms with Crippen molar-refractivity contribution in [3.63, 3.8) is 0 Å². The molecule has 0 unspecified atom stereocenters. The number of hydrogen-bond acceptors (Lipinski definition) is 4. The van der Waals surface area contributed by atoms with Crippen LogP contribution in [0.4, 0.5) is 11.4 Å². The number of rotatable bonds is 2. The van der Waals surface area contributed by atoms with E-state index in [-0.39, 0.29) is 11.4 Å². The Balaban J connectivity index is 2.93. The van der Waals surface area contributed by atoms with Crippen LogP contribution in [-0.4, -0.2) is 4.92 Å². The number of fused-ring (bicyclic) bond motifs is 1. The van der Waals surface area contributed by atoms with Gasteiger partial charge in [-0.25, -0.2) is 0 Å². The molecule has 0 amide bonds. The first kappa shape index (κ1) is 9.26. The monoisotopic (exact) mass is 202 g/mol. The molecule has 5 nitrogen and oxygen atoms in total. The molecule has 0 spiro atoms. The summed E-state index contributed by atoms with van der Waals surface area (Å²) in [6.07, 6.45) is 0. The van der Waals surface area contributed by atoms with E-state index in [0.29, 0.717) is 10.8 Å². The Bertz CT molecular complexity index is 546. The molecule has 0 bridgehead atoms. The van der Waals surface area contributed by atoms with Gasteiger partial charge in [-0.3, -0.25) is 10.1 Å². The number of nitrogens with zero attached hydrogens (tertiary/aromatic N) is 2. The Morgan fingerprint density at radius 3 is 2.40 bits per heavy atom. The zero-order chi connectivity index (χ0) is 10.8.